The van der Waals surface area contributed by atoms with Crippen molar-refractivity contribution in [3.05, 3.63) is 40.0 Å². The van der Waals surface area contributed by atoms with Gasteiger partial charge in [-0.15, -0.1) is 0 Å². The van der Waals surface area contributed by atoms with Gasteiger partial charge in [-0.2, -0.15) is 4.98 Å². The first kappa shape index (κ1) is 15.1. The third kappa shape index (κ3) is 3.85. The normalized spacial score (nSPS) is 12.4. The molecule has 1 unspecified atom stereocenters. The van der Waals surface area contributed by atoms with Crippen molar-refractivity contribution in [2.75, 3.05) is 7.05 Å². The zero-order valence-electron chi connectivity index (χ0n) is 11.2. The van der Waals surface area contributed by atoms with Gasteiger partial charge in [0.05, 0.1) is 10.0 Å². The fourth-order valence-electron chi connectivity index (χ4n) is 1.56. The molecule has 1 atom stereocenters. The first-order valence-electron chi connectivity index (χ1n) is 6.15. The number of likely N-dealkylation sites (N-methyl/N-ethyl adjacent to an activating group) is 1. The van der Waals surface area contributed by atoms with Crippen molar-refractivity contribution in [2.45, 2.75) is 26.0 Å². The number of hydrogen-bond acceptors (Lipinski definition) is 5. The minimum absolute atomic E-state index is 0.129. The Hall–Kier alpha value is -1.30. The molecule has 2 rings (SSSR count). The largest absolute Gasteiger partial charge is 0.481 e. The molecule has 108 valence electrons. The van der Waals surface area contributed by atoms with Crippen molar-refractivity contribution >= 4 is 23.2 Å². The Balaban J connectivity index is 1.98. The van der Waals surface area contributed by atoms with E-state index in [1.165, 1.54) is 0 Å². The number of nitrogens with one attached hydrogen (secondary N) is 1. The lowest BCUT2D eigenvalue weighted by Gasteiger charge is -2.07. The lowest BCUT2D eigenvalue weighted by molar-refractivity contribution is 0.242. The Morgan fingerprint density at radius 1 is 1.35 bits per heavy atom. The molecule has 1 N–H and O–H groups in total. The highest BCUT2D eigenvalue weighted by Crippen LogP contribution is 2.32. The van der Waals surface area contributed by atoms with Crippen LogP contribution in [0, 0.1) is 0 Å². The van der Waals surface area contributed by atoms with Crippen molar-refractivity contribution in [3.8, 4) is 5.75 Å². The number of para-hydroxylation sites is 1. The second-order valence-corrected chi connectivity index (χ2v) is 5.15. The molecular formula is C13H15Cl2N3O2. The summed E-state index contributed by atoms with van der Waals surface area (Å²) in [6.07, 6.45) is 0.687. The van der Waals surface area contributed by atoms with Gasteiger partial charge in [-0.3, -0.25) is 0 Å². The van der Waals surface area contributed by atoms with Crippen molar-refractivity contribution in [3.63, 3.8) is 0 Å². The molecule has 2 aromatic rings. The predicted octanol–water partition coefficient (Wildman–Crippen LogP) is 3.11. The summed E-state index contributed by atoms with van der Waals surface area (Å²) in [5.41, 5.74) is 0. The topological polar surface area (TPSA) is 60.2 Å². The maximum atomic E-state index is 6.00. The van der Waals surface area contributed by atoms with Crippen LogP contribution >= 0.6 is 23.2 Å². The minimum Gasteiger partial charge on any atom is -0.481 e. The average Bonchev–Trinajstić information content (AvgIpc) is 2.85. The molecule has 7 heteroatoms. The fourth-order valence-corrected chi connectivity index (χ4v) is 2.07. The molecule has 20 heavy (non-hydrogen) atoms. The first-order valence-corrected chi connectivity index (χ1v) is 6.91. The lowest BCUT2D eigenvalue weighted by Crippen LogP contribution is -2.24. The predicted molar refractivity (Wildman–Crippen MR) is 77.3 cm³/mol. The summed E-state index contributed by atoms with van der Waals surface area (Å²) in [6.45, 7) is 2.17. The number of benzene rings is 1. The van der Waals surface area contributed by atoms with Gasteiger partial charge in [0.25, 0.3) is 5.89 Å². The van der Waals surface area contributed by atoms with E-state index < -0.39 is 0 Å². The van der Waals surface area contributed by atoms with Gasteiger partial charge >= 0.3 is 0 Å². The summed E-state index contributed by atoms with van der Waals surface area (Å²) in [5, 5.41) is 7.89. The Kier molecular flexibility index (Phi) is 5.23. The van der Waals surface area contributed by atoms with E-state index in [0.29, 0.717) is 33.9 Å². The summed E-state index contributed by atoms with van der Waals surface area (Å²) in [5.74, 6) is 1.44. The van der Waals surface area contributed by atoms with Crippen LogP contribution in [0.15, 0.2) is 22.7 Å². The molecule has 0 saturated carbocycles. The van der Waals surface area contributed by atoms with Crippen LogP contribution in [0.25, 0.3) is 0 Å². The molecule has 0 saturated heterocycles. The molecule has 0 aliphatic carbocycles. The standard InChI is InChI=1S/C13H15Cl2N3O2/c1-8(16-2)6-11-17-12(20-18-11)7-19-13-9(14)4-3-5-10(13)15/h3-5,8,16H,6-7H2,1-2H3. The number of nitrogens with zero attached hydrogens (tertiary/aromatic N) is 2. The fraction of sp³-hybridized carbons (Fsp3) is 0.385. The molecule has 0 amide bonds. The van der Waals surface area contributed by atoms with E-state index in [4.69, 9.17) is 32.5 Å². The van der Waals surface area contributed by atoms with Crippen molar-refractivity contribution in [1.82, 2.24) is 15.5 Å². The molecule has 0 fully saturated rings. The van der Waals surface area contributed by atoms with Gasteiger partial charge in [0.1, 0.15) is 0 Å². The third-order valence-corrected chi connectivity index (χ3v) is 3.35. The van der Waals surface area contributed by atoms with Crippen LogP contribution in [0.2, 0.25) is 10.0 Å². The molecule has 0 aliphatic rings. The zero-order chi connectivity index (χ0) is 14.5. The Morgan fingerprint density at radius 2 is 2.05 bits per heavy atom. The van der Waals surface area contributed by atoms with Crippen LogP contribution in [-0.2, 0) is 13.0 Å². The molecule has 1 aromatic heterocycles. The van der Waals surface area contributed by atoms with Gasteiger partial charge in [-0.25, -0.2) is 0 Å². The quantitative estimate of drug-likeness (QED) is 0.887. The van der Waals surface area contributed by atoms with Gasteiger partial charge in [0, 0.05) is 12.5 Å². The molecule has 1 heterocycles. The van der Waals surface area contributed by atoms with Gasteiger partial charge in [-0.1, -0.05) is 34.4 Å². The Labute approximate surface area is 127 Å². The van der Waals surface area contributed by atoms with Crippen molar-refractivity contribution in [2.24, 2.45) is 0 Å². The summed E-state index contributed by atoms with van der Waals surface area (Å²) in [6, 6.07) is 5.44. The number of halogens is 2. The number of aromatic nitrogens is 2. The molecule has 1 aromatic carbocycles. The maximum Gasteiger partial charge on any atom is 0.264 e. The average molecular weight is 316 g/mol. The van der Waals surface area contributed by atoms with Crippen LogP contribution in [0.1, 0.15) is 18.6 Å². The van der Waals surface area contributed by atoms with Crippen LogP contribution in [0.3, 0.4) is 0 Å². The second-order valence-electron chi connectivity index (χ2n) is 4.34. The highest BCUT2D eigenvalue weighted by atomic mass is 35.5. The van der Waals surface area contributed by atoms with E-state index in [0.717, 1.165) is 0 Å². The van der Waals surface area contributed by atoms with Crippen LogP contribution < -0.4 is 10.1 Å². The SMILES string of the molecule is CNC(C)Cc1noc(COc2c(Cl)cccc2Cl)n1. The monoisotopic (exact) mass is 315 g/mol. The molecule has 5 nitrogen and oxygen atoms in total. The summed E-state index contributed by atoms with van der Waals surface area (Å²) in [7, 11) is 1.88. The van der Waals surface area contributed by atoms with Gasteiger partial charge in [0.2, 0.25) is 0 Å². The van der Waals surface area contributed by atoms with E-state index >= 15 is 0 Å². The number of hydrogen-bond donors (Lipinski definition) is 1. The van der Waals surface area contributed by atoms with Gasteiger partial charge < -0.3 is 14.6 Å². The molecular weight excluding hydrogens is 301 g/mol. The highest BCUT2D eigenvalue weighted by molar-refractivity contribution is 6.37. The van der Waals surface area contributed by atoms with Crippen molar-refractivity contribution in [1.29, 1.82) is 0 Å². The van der Waals surface area contributed by atoms with Crippen LogP contribution in [-0.4, -0.2) is 23.2 Å². The van der Waals surface area contributed by atoms with E-state index in [1.807, 2.05) is 14.0 Å². The minimum atomic E-state index is 0.129. The summed E-state index contributed by atoms with van der Waals surface area (Å²) >= 11 is 12.0. The first-order chi connectivity index (χ1) is 9.60. The summed E-state index contributed by atoms with van der Waals surface area (Å²) in [4.78, 5) is 4.24. The van der Waals surface area contributed by atoms with E-state index in [1.54, 1.807) is 18.2 Å². The second kappa shape index (κ2) is 6.92. The Morgan fingerprint density at radius 3 is 2.70 bits per heavy atom. The molecule has 0 spiro atoms. The van der Waals surface area contributed by atoms with Crippen LogP contribution in [0.5, 0.6) is 5.75 Å². The number of rotatable bonds is 6. The smallest absolute Gasteiger partial charge is 0.264 e. The zero-order valence-corrected chi connectivity index (χ0v) is 12.7. The lowest BCUT2D eigenvalue weighted by atomic mass is 10.2. The van der Waals surface area contributed by atoms with E-state index in [2.05, 4.69) is 15.5 Å². The molecule has 0 radical (unpaired) electrons. The van der Waals surface area contributed by atoms with Gasteiger partial charge in [-0.05, 0) is 26.1 Å². The van der Waals surface area contributed by atoms with Crippen LogP contribution in [0.4, 0.5) is 0 Å². The number of ether oxygens (including phenoxy) is 1. The van der Waals surface area contributed by atoms with E-state index in [9.17, 15) is 0 Å². The molecule has 0 bridgehead atoms. The van der Waals surface area contributed by atoms with E-state index in [-0.39, 0.29) is 12.6 Å². The molecule has 0 aliphatic heterocycles. The van der Waals surface area contributed by atoms with Gasteiger partial charge in [0.15, 0.2) is 18.2 Å². The third-order valence-electron chi connectivity index (χ3n) is 2.75. The summed E-state index contributed by atoms with van der Waals surface area (Å²) < 4.78 is 10.6. The maximum absolute atomic E-state index is 6.00. The van der Waals surface area contributed by atoms with Crippen molar-refractivity contribution < 1.29 is 9.26 Å². The Bertz CT molecular complexity index is 554. The highest BCUT2D eigenvalue weighted by Gasteiger charge is 2.12.